The lowest BCUT2D eigenvalue weighted by Gasteiger charge is -2.43. The van der Waals surface area contributed by atoms with Crippen LogP contribution in [0, 0.1) is 0 Å². The van der Waals surface area contributed by atoms with E-state index in [0.29, 0.717) is 11.3 Å². The Morgan fingerprint density at radius 2 is 1.41 bits per heavy atom. The molecule has 2 aliphatic heterocycles. The molecule has 0 unspecified atom stereocenters. The second-order valence-electron chi connectivity index (χ2n) is 9.61. The van der Waals surface area contributed by atoms with Gasteiger partial charge in [-0.25, -0.2) is 9.59 Å². The van der Waals surface area contributed by atoms with E-state index in [1.165, 1.54) is 19.1 Å². The summed E-state index contributed by atoms with van der Waals surface area (Å²) >= 11 is 0. The van der Waals surface area contributed by atoms with Crippen molar-refractivity contribution in [3.8, 4) is 5.75 Å². The maximum Gasteiger partial charge on any atom is 0.342 e. The van der Waals surface area contributed by atoms with Crippen molar-refractivity contribution in [2.45, 2.75) is 72.2 Å². The molecular weight excluding hydrogens is 584 g/mol. The number of nitrogens with one attached hydrogen (secondary N) is 2. The van der Waals surface area contributed by atoms with Crippen LogP contribution in [-0.2, 0) is 52.4 Å². The zero-order chi connectivity index (χ0) is 32.6. The van der Waals surface area contributed by atoms with Crippen molar-refractivity contribution >= 4 is 42.0 Å². The number of carbonyl (C=O) groups is 6. The highest BCUT2D eigenvalue weighted by Gasteiger charge is 2.53. The van der Waals surface area contributed by atoms with E-state index < -0.39 is 73.2 Å². The van der Waals surface area contributed by atoms with Crippen molar-refractivity contribution in [3.63, 3.8) is 0 Å². The average molecular weight is 619 g/mol. The first kappa shape index (κ1) is 33.6. The first-order valence-corrected chi connectivity index (χ1v) is 13.5. The van der Waals surface area contributed by atoms with Crippen molar-refractivity contribution in [2.75, 3.05) is 13.2 Å². The molecule has 0 bridgehead atoms. The minimum Gasteiger partial charge on any atom is -0.463 e. The Hall–Kier alpha value is -4.92. The lowest BCUT2D eigenvalue weighted by molar-refractivity contribution is -0.288. The summed E-state index contributed by atoms with van der Waals surface area (Å²) in [6, 6.07) is 5.76. The predicted molar refractivity (Wildman–Crippen MR) is 148 cm³/mol. The van der Waals surface area contributed by atoms with Crippen LogP contribution in [0.5, 0.6) is 5.75 Å². The van der Waals surface area contributed by atoms with E-state index in [1.54, 1.807) is 32.1 Å². The summed E-state index contributed by atoms with van der Waals surface area (Å²) in [4.78, 5) is 72.1. The van der Waals surface area contributed by atoms with E-state index in [4.69, 9.17) is 33.2 Å². The zero-order valence-corrected chi connectivity index (χ0v) is 25.0. The minimum absolute atomic E-state index is 0.141. The van der Waals surface area contributed by atoms with Crippen LogP contribution in [0.2, 0.25) is 0 Å². The van der Waals surface area contributed by atoms with Gasteiger partial charge >= 0.3 is 35.9 Å². The Kier molecular flexibility index (Phi) is 11.4. The molecule has 15 heteroatoms. The van der Waals surface area contributed by atoms with Gasteiger partial charge in [0.1, 0.15) is 24.0 Å². The van der Waals surface area contributed by atoms with E-state index >= 15 is 0 Å². The third-order valence-corrected chi connectivity index (χ3v) is 6.06. The van der Waals surface area contributed by atoms with Crippen LogP contribution < -0.4 is 15.4 Å². The molecule has 0 aliphatic carbocycles. The first-order valence-electron chi connectivity index (χ1n) is 13.5. The molecule has 1 aromatic carbocycles. The van der Waals surface area contributed by atoms with Crippen LogP contribution in [0.15, 0.2) is 41.2 Å². The Morgan fingerprint density at radius 3 is 1.98 bits per heavy atom. The maximum atomic E-state index is 12.5. The Morgan fingerprint density at radius 1 is 0.818 bits per heavy atom. The van der Waals surface area contributed by atoms with Crippen LogP contribution in [0.3, 0.4) is 0 Å². The monoisotopic (exact) mass is 618 g/mol. The van der Waals surface area contributed by atoms with Crippen LogP contribution >= 0.6 is 0 Å². The Labute approximate surface area is 252 Å². The molecule has 44 heavy (non-hydrogen) atoms. The third kappa shape index (κ3) is 9.04. The van der Waals surface area contributed by atoms with Gasteiger partial charge in [-0.15, -0.1) is 0 Å². The van der Waals surface area contributed by atoms with Gasteiger partial charge in [-0.05, 0) is 37.6 Å². The molecule has 15 nitrogen and oxygen atoms in total. The summed E-state index contributed by atoms with van der Waals surface area (Å²) in [6.45, 7) is 7.50. The van der Waals surface area contributed by atoms with Gasteiger partial charge < -0.3 is 43.8 Å². The standard InChI is InChI=1S/C29H34N2O13/c1-7-38-27(36)23-14(2)30-29(37)31-21(23)12-19-8-10-20(11-9-19)43-28-26(42-18(6)35)25(41-17(5)34)24(40-16(4)33)22(44-28)13-39-15(3)32/h8-12,22,24-26,28H,7,13H2,1-6H3,(H2,30,31,37)/t22-,24-,25-,26-,28-/m1/s1. The predicted octanol–water partition coefficient (Wildman–Crippen LogP) is 1.64. The maximum absolute atomic E-state index is 12.5. The SMILES string of the molecule is CCOC(=O)C1=C(C)NC(=O)NC1=Cc1ccc(O[C@@H]2O[C@H](COC(C)=O)[C@@H](OC(C)=O)[C@@H](OC(C)=O)[C@H]2OC(C)=O)cc1. The molecule has 1 saturated heterocycles. The van der Waals surface area contributed by atoms with Gasteiger partial charge in [0.2, 0.25) is 12.4 Å². The normalized spacial score (nSPS) is 23.9. The topological polar surface area (TPSA) is 191 Å². The fraction of sp³-hybridized carbons (Fsp3) is 0.448. The number of urea groups is 1. The van der Waals surface area contributed by atoms with Crippen LogP contribution in [-0.4, -0.2) is 79.8 Å². The fourth-order valence-corrected chi connectivity index (χ4v) is 4.45. The Bertz CT molecular complexity index is 1350. The van der Waals surface area contributed by atoms with Crippen molar-refractivity contribution in [1.29, 1.82) is 0 Å². The second-order valence-corrected chi connectivity index (χ2v) is 9.61. The number of hydrogen-bond donors (Lipinski definition) is 2. The number of amides is 2. The van der Waals surface area contributed by atoms with E-state index in [2.05, 4.69) is 10.6 Å². The summed E-state index contributed by atoms with van der Waals surface area (Å²) in [5, 5.41) is 5.13. The first-order chi connectivity index (χ1) is 20.8. The van der Waals surface area contributed by atoms with E-state index in [0.717, 1.165) is 20.8 Å². The zero-order valence-electron chi connectivity index (χ0n) is 25.0. The minimum atomic E-state index is -1.41. The number of hydrogen-bond acceptors (Lipinski definition) is 13. The van der Waals surface area contributed by atoms with Gasteiger partial charge in [-0.2, -0.15) is 0 Å². The van der Waals surface area contributed by atoms with Crippen LogP contribution in [0.1, 0.15) is 47.1 Å². The molecule has 0 radical (unpaired) electrons. The fourth-order valence-electron chi connectivity index (χ4n) is 4.45. The molecule has 1 fully saturated rings. The van der Waals surface area contributed by atoms with Crippen molar-refractivity contribution in [2.24, 2.45) is 0 Å². The van der Waals surface area contributed by atoms with Gasteiger partial charge in [0.25, 0.3) is 0 Å². The number of rotatable bonds is 10. The Balaban J connectivity index is 1.93. The number of ether oxygens (including phenoxy) is 7. The van der Waals surface area contributed by atoms with Crippen molar-refractivity contribution < 1.29 is 61.9 Å². The molecule has 2 N–H and O–H groups in total. The average Bonchev–Trinajstić information content (AvgIpc) is 2.91. The number of benzene rings is 1. The van der Waals surface area contributed by atoms with Crippen molar-refractivity contribution in [3.05, 3.63) is 46.8 Å². The number of carbonyl (C=O) groups excluding carboxylic acids is 6. The lowest BCUT2D eigenvalue weighted by Crippen LogP contribution is -2.63. The quantitative estimate of drug-likeness (QED) is 0.284. The molecule has 0 spiro atoms. The highest BCUT2D eigenvalue weighted by molar-refractivity contribution is 6.00. The number of allylic oxidation sites excluding steroid dienone is 1. The molecule has 0 saturated carbocycles. The molecule has 2 aliphatic rings. The summed E-state index contributed by atoms with van der Waals surface area (Å²) in [5.41, 5.74) is 1.26. The highest BCUT2D eigenvalue weighted by Crippen LogP contribution is 2.31. The third-order valence-electron chi connectivity index (χ3n) is 6.06. The lowest BCUT2D eigenvalue weighted by atomic mass is 9.98. The van der Waals surface area contributed by atoms with Gasteiger partial charge in [0.15, 0.2) is 12.2 Å². The molecule has 1 aromatic rings. The van der Waals surface area contributed by atoms with Gasteiger partial charge in [-0.3, -0.25) is 19.2 Å². The van der Waals surface area contributed by atoms with Gasteiger partial charge in [-0.1, -0.05) is 12.1 Å². The molecule has 5 atom stereocenters. The highest BCUT2D eigenvalue weighted by atomic mass is 16.7. The summed E-state index contributed by atoms with van der Waals surface area (Å²) in [5.74, 6) is -3.35. The van der Waals surface area contributed by atoms with Gasteiger partial charge in [0.05, 0.1) is 12.3 Å². The molecular formula is C29H34N2O13. The smallest absolute Gasteiger partial charge is 0.342 e. The van der Waals surface area contributed by atoms with Crippen molar-refractivity contribution in [1.82, 2.24) is 10.6 Å². The van der Waals surface area contributed by atoms with E-state index in [9.17, 15) is 28.8 Å². The molecule has 3 rings (SSSR count). The van der Waals surface area contributed by atoms with E-state index in [-0.39, 0.29) is 23.6 Å². The van der Waals surface area contributed by atoms with Crippen LogP contribution in [0.4, 0.5) is 4.79 Å². The summed E-state index contributed by atoms with van der Waals surface area (Å²) < 4.78 is 38.3. The summed E-state index contributed by atoms with van der Waals surface area (Å²) in [6.07, 6.45) is -5.13. The molecule has 0 aromatic heterocycles. The van der Waals surface area contributed by atoms with E-state index in [1.807, 2.05) is 0 Å². The second kappa shape index (κ2) is 15.0. The summed E-state index contributed by atoms with van der Waals surface area (Å²) in [7, 11) is 0. The largest absolute Gasteiger partial charge is 0.463 e. The molecule has 2 amide bonds. The number of esters is 5. The molecule has 238 valence electrons. The molecule has 2 heterocycles. The van der Waals surface area contributed by atoms with Crippen LogP contribution in [0.25, 0.3) is 6.08 Å². The van der Waals surface area contributed by atoms with Gasteiger partial charge in [0, 0.05) is 33.4 Å².